The SMILES string of the molecule is COc1ccc(NC(=O)CSC2CCNC(=O)N2)cc1. The van der Waals surface area contributed by atoms with E-state index in [-0.39, 0.29) is 17.3 Å². The van der Waals surface area contributed by atoms with E-state index in [2.05, 4.69) is 16.0 Å². The lowest BCUT2D eigenvalue weighted by Gasteiger charge is -2.23. The monoisotopic (exact) mass is 295 g/mol. The van der Waals surface area contributed by atoms with Crippen molar-refractivity contribution in [1.82, 2.24) is 10.6 Å². The molecule has 0 bridgehead atoms. The molecule has 1 aromatic rings. The molecule has 0 aliphatic carbocycles. The van der Waals surface area contributed by atoms with Crippen molar-refractivity contribution in [2.45, 2.75) is 11.8 Å². The van der Waals surface area contributed by atoms with Gasteiger partial charge in [0.1, 0.15) is 5.75 Å². The van der Waals surface area contributed by atoms with E-state index in [1.54, 1.807) is 31.4 Å². The van der Waals surface area contributed by atoms with Gasteiger partial charge in [-0.2, -0.15) is 0 Å². The molecule has 0 aromatic heterocycles. The highest BCUT2D eigenvalue weighted by molar-refractivity contribution is 8.00. The minimum Gasteiger partial charge on any atom is -0.497 e. The molecule has 3 N–H and O–H groups in total. The molecule has 6 nitrogen and oxygen atoms in total. The standard InChI is InChI=1S/C13H17N3O3S/c1-19-10-4-2-9(3-5-10)15-11(17)8-20-12-6-7-14-13(18)16-12/h2-5,12H,6-8H2,1H3,(H,15,17)(H2,14,16,18). The van der Waals surface area contributed by atoms with Crippen LogP contribution in [-0.4, -0.2) is 36.7 Å². The van der Waals surface area contributed by atoms with Crippen molar-refractivity contribution < 1.29 is 14.3 Å². The Balaban J connectivity index is 1.75. The summed E-state index contributed by atoms with van der Waals surface area (Å²) in [6.07, 6.45) is 0.812. The van der Waals surface area contributed by atoms with Crippen LogP contribution >= 0.6 is 11.8 Å². The van der Waals surface area contributed by atoms with Gasteiger partial charge in [0.05, 0.1) is 18.2 Å². The summed E-state index contributed by atoms with van der Waals surface area (Å²) in [6, 6.07) is 6.97. The molecule has 0 spiro atoms. The smallest absolute Gasteiger partial charge is 0.315 e. The summed E-state index contributed by atoms with van der Waals surface area (Å²) in [6.45, 7) is 0.642. The Hall–Kier alpha value is -1.89. The zero-order valence-corrected chi connectivity index (χ0v) is 12.0. The number of anilines is 1. The molecule has 1 aromatic carbocycles. The largest absolute Gasteiger partial charge is 0.497 e. The Morgan fingerprint density at radius 1 is 1.45 bits per heavy atom. The van der Waals surface area contributed by atoms with E-state index in [1.165, 1.54) is 11.8 Å². The number of hydrogen-bond acceptors (Lipinski definition) is 4. The molecule has 20 heavy (non-hydrogen) atoms. The van der Waals surface area contributed by atoms with Crippen LogP contribution in [0.1, 0.15) is 6.42 Å². The quantitative estimate of drug-likeness (QED) is 0.767. The number of nitrogens with one attached hydrogen (secondary N) is 3. The molecule has 1 aliphatic heterocycles. The van der Waals surface area contributed by atoms with Gasteiger partial charge in [0, 0.05) is 12.2 Å². The maximum Gasteiger partial charge on any atom is 0.315 e. The van der Waals surface area contributed by atoms with Gasteiger partial charge >= 0.3 is 6.03 Å². The summed E-state index contributed by atoms with van der Waals surface area (Å²) in [5, 5.41) is 8.23. The molecule has 1 atom stereocenters. The van der Waals surface area contributed by atoms with Gasteiger partial charge in [-0.3, -0.25) is 4.79 Å². The summed E-state index contributed by atoms with van der Waals surface area (Å²) < 4.78 is 5.05. The molecule has 1 heterocycles. The maximum absolute atomic E-state index is 11.8. The van der Waals surface area contributed by atoms with Gasteiger partial charge < -0.3 is 20.7 Å². The van der Waals surface area contributed by atoms with Gasteiger partial charge in [-0.15, -0.1) is 11.8 Å². The first-order valence-electron chi connectivity index (χ1n) is 6.27. The van der Waals surface area contributed by atoms with Crippen LogP contribution in [0.15, 0.2) is 24.3 Å². The summed E-state index contributed by atoms with van der Waals surface area (Å²) in [7, 11) is 1.59. The summed E-state index contributed by atoms with van der Waals surface area (Å²) in [4.78, 5) is 22.9. The minimum absolute atomic E-state index is 0.00892. The van der Waals surface area contributed by atoms with Crippen molar-refractivity contribution in [3.8, 4) is 5.75 Å². The number of methoxy groups -OCH3 is 1. The Bertz CT molecular complexity index is 478. The second-order valence-electron chi connectivity index (χ2n) is 4.27. The number of urea groups is 1. The molecule has 1 fully saturated rings. The summed E-state index contributed by atoms with van der Waals surface area (Å²) in [5.41, 5.74) is 0.728. The zero-order valence-electron chi connectivity index (χ0n) is 11.1. The third kappa shape index (κ3) is 4.34. The zero-order chi connectivity index (χ0) is 14.4. The van der Waals surface area contributed by atoms with Crippen LogP contribution in [-0.2, 0) is 4.79 Å². The van der Waals surface area contributed by atoms with E-state index >= 15 is 0 Å². The minimum atomic E-state index is -0.177. The molecule has 108 valence electrons. The van der Waals surface area contributed by atoms with Crippen LogP contribution < -0.4 is 20.7 Å². The number of carbonyl (C=O) groups is 2. The fraction of sp³-hybridized carbons (Fsp3) is 0.385. The Morgan fingerprint density at radius 3 is 2.85 bits per heavy atom. The van der Waals surface area contributed by atoms with Crippen molar-refractivity contribution in [2.24, 2.45) is 0 Å². The van der Waals surface area contributed by atoms with E-state index in [4.69, 9.17) is 4.74 Å². The van der Waals surface area contributed by atoms with Gasteiger partial charge in [-0.25, -0.2) is 4.79 Å². The van der Waals surface area contributed by atoms with Gasteiger partial charge in [0.15, 0.2) is 0 Å². The Kier molecular flexibility index (Phi) is 5.11. The van der Waals surface area contributed by atoms with Crippen molar-refractivity contribution in [1.29, 1.82) is 0 Å². The fourth-order valence-electron chi connectivity index (χ4n) is 1.76. The van der Waals surface area contributed by atoms with E-state index in [9.17, 15) is 9.59 Å². The number of amides is 3. The highest BCUT2D eigenvalue weighted by atomic mass is 32.2. The lowest BCUT2D eigenvalue weighted by atomic mass is 10.3. The van der Waals surface area contributed by atoms with E-state index < -0.39 is 0 Å². The molecule has 0 saturated carbocycles. The molecule has 3 amide bonds. The molecule has 7 heteroatoms. The molecule has 0 radical (unpaired) electrons. The number of thioether (sulfide) groups is 1. The van der Waals surface area contributed by atoms with Crippen molar-refractivity contribution in [2.75, 3.05) is 24.7 Å². The highest BCUT2D eigenvalue weighted by Crippen LogP contribution is 2.17. The molecule has 1 aliphatic rings. The number of benzene rings is 1. The van der Waals surface area contributed by atoms with Gasteiger partial charge in [0.25, 0.3) is 0 Å². The number of rotatable bonds is 5. The second kappa shape index (κ2) is 7.04. The second-order valence-corrected chi connectivity index (χ2v) is 5.46. The average molecular weight is 295 g/mol. The van der Waals surface area contributed by atoms with Crippen LogP contribution in [0.2, 0.25) is 0 Å². The third-order valence-corrected chi connectivity index (χ3v) is 3.96. The molecule has 1 saturated heterocycles. The molecular formula is C13H17N3O3S. The molecular weight excluding hydrogens is 278 g/mol. The van der Waals surface area contributed by atoms with Crippen LogP contribution in [0.4, 0.5) is 10.5 Å². The van der Waals surface area contributed by atoms with Crippen molar-refractivity contribution in [3.05, 3.63) is 24.3 Å². The maximum atomic E-state index is 11.8. The normalized spacial score (nSPS) is 17.9. The Labute approximate surface area is 121 Å². The first-order valence-corrected chi connectivity index (χ1v) is 7.32. The average Bonchev–Trinajstić information content (AvgIpc) is 2.46. The van der Waals surface area contributed by atoms with E-state index in [0.29, 0.717) is 12.3 Å². The van der Waals surface area contributed by atoms with E-state index in [0.717, 1.165) is 17.9 Å². The number of ether oxygens (including phenoxy) is 1. The lowest BCUT2D eigenvalue weighted by molar-refractivity contribution is -0.113. The molecule has 1 unspecified atom stereocenters. The number of hydrogen-bond donors (Lipinski definition) is 3. The first kappa shape index (κ1) is 14.5. The van der Waals surface area contributed by atoms with Crippen LogP contribution in [0.3, 0.4) is 0 Å². The van der Waals surface area contributed by atoms with Crippen LogP contribution in [0.5, 0.6) is 5.75 Å². The third-order valence-electron chi connectivity index (χ3n) is 2.77. The molecule has 2 rings (SSSR count). The Morgan fingerprint density at radius 2 is 2.20 bits per heavy atom. The van der Waals surface area contributed by atoms with Crippen LogP contribution in [0, 0.1) is 0 Å². The predicted octanol–water partition coefficient (Wildman–Crippen LogP) is 1.40. The van der Waals surface area contributed by atoms with Crippen molar-refractivity contribution in [3.63, 3.8) is 0 Å². The first-order chi connectivity index (χ1) is 9.67. The van der Waals surface area contributed by atoms with Crippen molar-refractivity contribution >= 4 is 29.4 Å². The summed E-state index contributed by atoms with van der Waals surface area (Å²) >= 11 is 1.43. The number of carbonyl (C=O) groups excluding carboxylic acids is 2. The van der Waals surface area contributed by atoms with Crippen LogP contribution in [0.25, 0.3) is 0 Å². The van der Waals surface area contributed by atoms with Gasteiger partial charge in [0.2, 0.25) is 5.91 Å². The fourth-order valence-corrected chi connectivity index (χ4v) is 2.66. The van der Waals surface area contributed by atoms with Gasteiger partial charge in [-0.05, 0) is 30.7 Å². The van der Waals surface area contributed by atoms with Gasteiger partial charge in [-0.1, -0.05) is 0 Å². The highest BCUT2D eigenvalue weighted by Gasteiger charge is 2.18. The summed E-state index contributed by atoms with van der Waals surface area (Å²) in [5.74, 6) is 0.958. The topological polar surface area (TPSA) is 79.5 Å². The lowest BCUT2D eigenvalue weighted by Crippen LogP contribution is -2.48. The predicted molar refractivity (Wildman–Crippen MR) is 79.0 cm³/mol. The van der Waals surface area contributed by atoms with E-state index in [1.807, 2.05) is 0 Å².